The third-order valence-corrected chi connectivity index (χ3v) is 4.61. The Kier molecular flexibility index (Phi) is 7.38. The number of aromatic hydroxyl groups is 1. The molecular weight excluding hydrogens is 403 g/mol. The van der Waals surface area contributed by atoms with Crippen LogP contribution in [0.4, 0.5) is 0 Å². The lowest BCUT2D eigenvalue weighted by molar-refractivity contribution is -0.143. The van der Waals surface area contributed by atoms with E-state index in [1.165, 1.54) is 6.07 Å². The molecule has 1 heterocycles. The first-order chi connectivity index (χ1) is 13.3. The number of nitriles is 1. The van der Waals surface area contributed by atoms with E-state index in [0.29, 0.717) is 21.3 Å². The smallest absolute Gasteiger partial charge is 0.306 e. The number of benzene rings is 1. The number of rotatable bonds is 7. The Labute approximate surface area is 172 Å². The molecular formula is C20H18Cl2N2O4. The van der Waals surface area contributed by atoms with Crippen LogP contribution in [0.15, 0.2) is 18.2 Å². The highest BCUT2D eigenvalue weighted by molar-refractivity contribution is 6.36. The van der Waals surface area contributed by atoms with Crippen molar-refractivity contribution < 1.29 is 19.4 Å². The SMILES string of the molecule is CCOC(=O)CCC(=O)c1nc(Cc2c(Cl)cc(C)cc2Cl)cc(C#N)c1O. The molecule has 0 aliphatic rings. The van der Waals surface area contributed by atoms with Crippen molar-refractivity contribution in [1.29, 1.82) is 5.26 Å². The van der Waals surface area contributed by atoms with Crippen molar-refractivity contribution in [3.63, 3.8) is 0 Å². The van der Waals surface area contributed by atoms with Crippen LogP contribution >= 0.6 is 23.2 Å². The van der Waals surface area contributed by atoms with Crippen molar-refractivity contribution in [2.24, 2.45) is 0 Å². The van der Waals surface area contributed by atoms with Gasteiger partial charge in [-0.3, -0.25) is 9.59 Å². The van der Waals surface area contributed by atoms with Gasteiger partial charge in [0.15, 0.2) is 11.5 Å². The van der Waals surface area contributed by atoms with Crippen molar-refractivity contribution in [2.75, 3.05) is 6.61 Å². The molecule has 8 heteroatoms. The second-order valence-electron chi connectivity index (χ2n) is 6.08. The van der Waals surface area contributed by atoms with Gasteiger partial charge in [0.1, 0.15) is 11.8 Å². The third-order valence-electron chi connectivity index (χ3n) is 3.94. The highest BCUT2D eigenvalue weighted by atomic mass is 35.5. The number of hydrogen-bond donors (Lipinski definition) is 1. The summed E-state index contributed by atoms with van der Waals surface area (Å²) in [5.74, 6) is -1.60. The van der Waals surface area contributed by atoms with Crippen molar-refractivity contribution in [3.8, 4) is 11.8 Å². The van der Waals surface area contributed by atoms with Crippen LogP contribution in [-0.4, -0.2) is 28.4 Å². The lowest BCUT2D eigenvalue weighted by atomic mass is 10.0. The molecule has 0 bridgehead atoms. The minimum absolute atomic E-state index is 0.0937. The fraction of sp³-hybridized carbons (Fsp3) is 0.300. The van der Waals surface area contributed by atoms with Gasteiger partial charge in [0, 0.05) is 28.6 Å². The number of ether oxygens (including phenoxy) is 1. The number of hydrogen-bond acceptors (Lipinski definition) is 6. The summed E-state index contributed by atoms with van der Waals surface area (Å²) in [7, 11) is 0. The van der Waals surface area contributed by atoms with Gasteiger partial charge in [0.05, 0.1) is 18.6 Å². The molecule has 2 aromatic rings. The van der Waals surface area contributed by atoms with Crippen LogP contribution in [0.1, 0.15) is 52.6 Å². The van der Waals surface area contributed by atoms with Crippen LogP contribution in [0.2, 0.25) is 10.0 Å². The zero-order valence-electron chi connectivity index (χ0n) is 15.4. The molecule has 0 amide bonds. The van der Waals surface area contributed by atoms with Crippen LogP contribution < -0.4 is 0 Å². The zero-order chi connectivity index (χ0) is 20.8. The van der Waals surface area contributed by atoms with E-state index in [-0.39, 0.29) is 37.1 Å². The summed E-state index contributed by atoms with van der Waals surface area (Å²) in [6, 6.07) is 6.72. The van der Waals surface area contributed by atoms with Crippen molar-refractivity contribution >= 4 is 35.0 Å². The number of carbonyl (C=O) groups is 2. The summed E-state index contributed by atoms with van der Waals surface area (Å²) >= 11 is 12.5. The molecule has 2 rings (SSSR count). The Morgan fingerprint density at radius 1 is 1.21 bits per heavy atom. The quantitative estimate of drug-likeness (QED) is 0.526. The van der Waals surface area contributed by atoms with E-state index < -0.39 is 17.5 Å². The summed E-state index contributed by atoms with van der Waals surface area (Å²) in [6.07, 6.45) is -0.166. The number of nitrogens with zero attached hydrogens (tertiary/aromatic N) is 2. The van der Waals surface area contributed by atoms with Crippen LogP contribution in [0, 0.1) is 18.3 Å². The van der Waals surface area contributed by atoms with E-state index in [1.807, 2.05) is 13.0 Å². The minimum Gasteiger partial charge on any atom is -0.504 e. The molecule has 0 aliphatic heterocycles. The molecule has 0 spiro atoms. The first kappa shape index (κ1) is 21.7. The standard InChI is InChI=1S/C20H18Cl2N2O4/c1-3-28-18(26)5-4-17(25)19-20(27)12(10-23)8-13(24-19)9-14-15(21)6-11(2)7-16(14)22/h6-8,27H,3-5,9H2,1-2H3. The number of pyridine rings is 1. The number of aromatic nitrogens is 1. The van der Waals surface area contributed by atoms with Gasteiger partial charge in [0.2, 0.25) is 0 Å². The van der Waals surface area contributed by atoms with E-state index in [1.54, 1.807) is 19.1 Å². The normalized spacial score (nSPS) is 10.4. The van der Waals surface area contributed by atoms with Crippen LogP contribution in [0.5, 0.6) is 5.75 Å². The van der Waals surface area contributed by atoms with Crippen molar-refractivity contribution in [1.82, 2.24) is 4.98 Å². The topological polar surface area (TPSA) is 100 Å². The van der Waals surface area contributed by atoms with Gasteiger partial charge in [0.25, 0.3) is 0 Å². The number of aryl methyl sites for hydroxylation is 1. The molecule has 6 nitrogen and oxygen atoms in total. The van der Waals surface area contributed by atoms with E-state index in [0.717, 1.165) is 5.56 Å². The van der Waals surface area contributed by atoms with Gasteiger partial charge in [-0.25, -0.2) is 4.98 Å². The largest absolute Gasteiger partial charge is 0.504 e. The first-order valence-electron chi connectivity index (χ1n) is 8.53. The van der Waals surface area contributed by atoms with Crippen molar-refractivity contribution in [3.05, 3.63) is 56.3 Å². The molecule has 0 saturated heterocycles. The molecule has 0 atom stereocenters. The fourth-order valence-corrected chi connectivity index (χ4v) is 3.34. The predicted octanol–water partition coefficient (Wildman–Crippen LogP) is 4.39. The lowest BCUT2D eigenvalue weighted by Crippen LogP contribution is -2.11. The maximum absolute atomic E-state index is 12.4. The summed E-state index contributed by atoms with van der Waals surface area (Å²) in [4.78, 5) is 28.1. The summed E-state index contributed by atoms with van der Waals surface area (Å²) < 4.78 is 4.79. The molecule has 28 heavy (non-hydrogen) atoms. The maximum atomic E-state index is 12.4. The van der Waals surface area contributed by atoms with Crippen LogP contribution in [-0.2, 0) is 16.0 Å². The maximum Gasteiger partial charge on any atom is 0.306 e. The second kappa shape index (κ2) is 9.54. The Hall–Kier alpha value is -2.62. The molecule has 1 N–H and O–H groups in total. The minimum atomic E-state index is -0.565. The van der Waals surface area contributed by atoms with E-state index in [2.05, 4.69) is 4.98 Å². The van der Waals surface area contributed by atoms with E-state index >= 15 is 0 Å². The molecule has 1 aromatic carbocycles. The average molecular weight is 421 g/mol. The number of esters is 1. The molecule has 0 aliphatic carbocycles. The second-order valence-corrected chi connectivity index (χ2v) is 6.90. The third kappa shape index (κ3) is 5.22. The molecule has 146 valence electrons. The highest BCUT2D eigenvalue weighted by Gasteiger charge is 2.20. The Morgan fingerprint density at radius 3 is 2.43 bits per heavy atom. The van der Waals surface area contributed by atoms with Gasteiger partial charge < -0.3 is 9.84 Å². The Balaban J connectivity index is 2.35. The highest BCUT2D eigenvalue weighted by Crippen LogP contribution is 2.30. The average Bonchev–Trinajstić information content (AvgIpc) is 2.63. The molecule has 0 unspecified atom stereocenters. The number of ketones is 1. The number of carbonyl (C=O) groups excluding carboxylic acids is 2. The summed E-state index contributed by atoms with van der Waals surface area (Å²) in [5.41, 5.74) is 1.48. The molecule has 0 saturated carbocycles. The van der Waals surface area contributed by atoms with Crippen LogP contribution in [0.25, 0.3) is 0 Å². The predicted molar refractivity (Wildman–Crippen MR) is 105 cm³/mol. The zero-order valence-corrected chi connectivity index (χ0v) is 16.9. The summed E-state index contributed by atoms with van der Waals surface area (Å²) in [5, 5.41) is 20.3. The summed E-state index contributed by atoms with van der Waals surface area (Å²) in [6.45, 7) is 3.73. The Bertz CT molecular complexity index is 944. The fourth-order valence-electron chi connectivity index (χ4n) is 2.61. The monoisotopic (exact) mass is 420 g/mol. The van der Waals surface area contributed by atoms with Gasteiger partial charge in [-0.2, -0.15) is 5.26 Å². The van der Waals surface area contributed by atoms with Gasteiger partial charge in [-0.15, -0.1) is 0 Å². The van der Waals surface area contributed by atoms with Gasteiger partial charge in [-0.05, 0) is 43.2 Å². The van der Waals surface area contributed by atoms with Crippen LogP contribution in [0.3, 0.4) is 0 Å². The number of halogens is 2. The van der Waals surface area contributed by atoms with Crippen molar-refractivity contribution in [2.45, 2.75) is 33.1 Å². The Morgan fingerprint density at radius 2 is 1.86 bits per heavy atom. The van der Waals surface area contributed by atoms with Gasteiger partial charge in [-0.1, -0.05) is 23.2 Å². The van der Waals surface area contributed by atoms with E-state index in [9.17, 15) is 20.0 Å². The number of Topliss-reactive ketones (excluding diaryl/α,β-unsaturated/α-hetero) is 1. The lowest BCUT2D eigenvalue weighted by Gasteiger charge is -2.11. The molecule has 0 radical (unpaired) electrons. The van der Waals surface area contributed by atoms with E-state index in [4.69, 9.17) is 27.9 Å². The van der Waals surface area contributed by atoms with Gasteiger partial charge >= 0.3 is 5.97 Å². The molecule has 1 aromatic heterocycles. The first-order valence-corrected chi connectivity index (χ1v) is 9.28. The molecule has 0 fully saturated rings.